The Morgan fingerprint density at radius 1 is 0.968 bits per heavy atom. The van der Waals surface area contributed by atoms with Crippen LogP contribution in [-0.2, 0) is 24.8 Å². The van der Waals surface area contributed by atoms with E-state index in [1.807, 2.05) is 6.92 Å². The zero-order chi connectivity index (χ0) is 22.8. The fraction of sp³-hybridized carbons (Fsp3) is 0.350. The van der Waals surface area contributed by atoms with Gasteiger partial charge >= 0.3 is 0 Å². The summed E-state index contributed by atoms with van der Waals surface area (Å²) in [5.74, 6) is -1.42. The van der Waals surface area contributed by atoms with Crippen molar-refractivity contribution in [3.05, 3.63) is 59.9 Å². The van der Waals surface area contributed by atoms with Gasteiger partial charge in [-0.1, -0.05) is 29.8 Å². The lowest BCUT2D eigenvalue weighted by Gasteiger charge is -2.35. The molecule has 0 aromatic heterocycles. The summed E-state index contributed by atoms with van der Waals surface area (Å²) in [5, 5.41) is 0. The van der Waals surface area contributed by atoms with E-state index in [0.717, 1.165) is 17.7 Å². The molecule has 11 heteroatoms. The molecule has 0 spiro atoms. The molecule has 31 heavy (non-hydrogen) atoms. The number of aryl methyl sites for hydroxylation is 1. The Bertz CT molecular complexity index is 1160. The monoisotopic (exact) mass is 469 g/mol. The highest BCUT2D eigenvalue weighted by atomic mass is 32.2. The first-order chi connectivity index (χ1) is 14.5. The molecule has 2 aromatic rings. The molecule has 0 saturated carbocycles. The maximum atomic E-state index is 13.8. The molecule has 1 N–H and O–H groups in total. The van der Waals surface area contributed by atoms with E-state index in [9.17, 15) is 26.0 Å². The topological polar surface area (TPSA) is 104 Å². The van der Waals surface area contributed by atoms with E-state index >= 15 is 0 Å². The van der Waals surface area contributed by atoms with E-state index in [1.54, 1.807) is 24.3 Å². The normalized spacial score (nSPS) is 16.8. The van der Waals surface area contributed by atoms with Crippen LogP contribution in [0.25, 0.3) is 0 Å². The third-order valence-electron chi connectivity index (χ3n) is 5.04. The molecule has 1 fully saturated rings. The van der Waals surface area contributed by atoms with Crippen LogP contribution in [0.15, 0.2) is 58.3 Å². The van der Waals surface area contributed by atoms with Gasteiger partial charge in [0.1, 0.15) is 10.7 Å². The van der Waals surface area contributed by atoms with E-state index in [1.165, 1.54) is 28.3 Å². The molecule has 1 amide bonds. The Morgan fingerprint density at radius 2 is 1.55 bits per heavy atom. The molecule has 0 aliphatic carbocycles. The average molecular weight is 470 g/mol. The zero-order valence-electron chi connectivity index (χ0n) is 17.2. The largest absolute Gasteiger partial charge is 0.339 e. The van der Waals surface area contributed by atoms with Crippen molar-refractivity contribution in [2.24, 2.45) is 0 Å². The molecule has 168 valence electrons. The molecule has 1 atom stereocenters. The number of hydrogen-bond donors (Lipinski definition) is 1. The molecule has 1 saturated heterocycles. The van der Waals surface area contributed by atoms with Gasteiger partial charge in [-0.05, 0) is 38.1 Å². The minimum absolute atomic E-state index is 0.0920. The number of nitrogens with zero attached hydrogens (tertiary/aromatic N) is 2. The van der Waals surface area contributed by atoms with Gasteiger partial charge in [-0.3, -0.25) is 4.79 Å². The highest BCUT2D eigenvalue weighted by Crippen LogP contribution is 2.19. The zero-order valence-corrected chi connectivity index (χ0v) is 18.8. The second-order valence-corrected chi connectivity index (χ2v) is 10.9. The van der Waals surface area contributed by atoms with Gasteiger partial charge in [0.15, 0.2) is 0 Å². The Morgan fingerprint density at radius 3 is 2.13 bits per heavy atom. The predicted octanol–water partition coefficient (Wildman–Crippen LogP) is 1.33. The quantitative estimate of drug-likeness (QED) is 0.688. The van der Waals surface area contributed by atoms with E-state index in [-0.39, 0.29) is 31.1 Å². The van der Waals surface area contributed by atoms with Crippen molar-refractivity contribution in [3.8, 4) is 0 Å². The van der Waals surface area contributed by atoms with Crippen LogP contribution in [0.5, 0.6) is 0 Å². The van der Waals surface area contributed by atoms with Crippen LogP contribution in [0, 0.1) is 12.7 Å². The molecule has 3 rings (SSSR count). The first-order valence-corrected chi connectivity index (χ1v) is 12.6. The highest BCUT2D eigenvalue weighted by molar-refractivity contribution is 7.89. The molecular formula is C20H24FN3O5S2. The fourth-order valence-corrected chi connectivity index (χ4v) is 5.99. The van der Waals surface area contributed by atoms with Crippen molar-refractivity contribution in [1.82, 2.24) is 13.9 Å². The second kappa shape index (κ2) is 9.03. The number of benzene rings is 2. The smallest absolute Gasteiger partial charge is 0.244 e. The summed E-state index contributed by atoms with van der Waals surface area (Å²) in [6, 6.07) is 10.3. The Hall–Kier alpha value is -2.34. The fourth-order valence-electron chi connectivity index (χ4n) is 3.29. The van der Waals surface area contributed by atoms with Gasteiger partial charge in [0.25, 0.3) is 0 Å². The summed E-state index contributed by atoms with van der Waals surface area (Å²) >= 11 is 0. The van der Waals surface area contributed by atoms with Gasteiger partial charge in [-0.25, -0.2) is 21.2 Å². The number of hydrogen-bond acceptors (Lipinski definition) is 5. The minimum Gasteiger partial charge on any atom is -0.339 e. The molecule has 8 nitrogen and oxygen atoms in total. The first-order valence-electron chi connectivity index (χ1n) is 9.65. The molecule has 1 aliphatic heterocycles. The van der Waals surface area contributed by atoms with E-state index < -0.39 is 42.7 Å². The molecular weight excluding hydrogens is 445 g/mol. The van der Waals surface area contributed by atoms with Crippen molar-refractivity contribution in [2.45, 2.75) is 29.7 Å². The third-order valence-corrected chi connectivity index (χ3v) is 8.52. The van der Waals surface area contributed by atoms with Crippen LogP contribution in [0.2, 0.25) is 0 Å². The van der Waals surface area contributed by atoms with Crippen molar-refractivity contribution < 1.29 is 26.0 Å². The number of piperazine rings is 1. The van der Waals surface area contributed by atoms with Gasteiger partial charge in [0, 0.05) is 26.2 Å². The maximum Gasteiger partial charge on any atom is 0.244 e. The lowest BCUT2D eigenvalue weighted by molar-refractivity contribution is -0.133. The number of sulfonamides is 2. The predicted molar refractivity (Wildman–Crippen MR) is 113 cm³/mol. The van der Waals surface area contributed by atoms with Crippen molar-refractivity contribution in [1.29, 1.82) is 0 Å². The first kappa shape index (κ1) is 23.3. The van der Waals surface area contributed by atoms with Crippen LogP contribution in [0.1, 0.15) is 12.5 Å². The van der Waals surface area contributed by atoms with Crippen molar-refractivity contribution in [3.63, 3.8) is 0 Å². The van der Waals surface area contributed by atoms with Crippen molar-refractivity contribution >= 4 is 26.0 Å². The summed E-state index contributed by atoms with van der Waals surface area (Å²) in [7, 11) is -7.90. The number of halogens is 1. The summed E-state index contributed by atoms with van der Waals surface area (Å²) in [6.45, 7) is 3.66. The van der Waals surface area contributed by atoms with Crippen LogP contribution in [0.3, 0.4) is 0 Å². The third kappa shape index (κ3) is 5.12. The number of carbonyl (C=O) groups is 1. The Labute approximate surface area is 181 Å². The van der Waals surface area contributed by atoms with Gasteiger partial charge < -0.3 is 4.90 Å². The number of nitrogens with one attached hydrogen (secondary N) is 1. The molecule has 2 aromatic carbocycles. The molecule has 0 unspecified atom stereocenters. The van der Waals surface area contributed by atoms with E-state index in [4.69, 9.17) is 0 Å². The average Bonchev–Trinajstić information content (AvgIpc) is 2.73. The molecule has 1 heterocycles. The van der Waals surface area contributed by atoms with Crippen LogP contribution >= 0.6 is 0 Å². The van der Waals surface area contributed by atoms with E-state index in [0.29, 0.717) is 0 Å². The molecule has 0 bridgehead atoms. The van der Waals surface area contributed by atoms with Crippen LogP contribution < -0.4 is 4.72 Å². The van der Waals surface area contributed by atoms with E-state index in [2.05, 4.69) is 4.72 Å². The van der Waals surface area contributed by atoms with Gasteiger partial charge in [0.2, 0.25) is 26.0 Å². The Balaban J connectivity index is 1.63. The summed E-state index contributed by atoms with van der Waals surface area (Å²) < 4.78 is 67.7. The summed E-state index contributed by atoms with van der Waals surface area (Å²) in [4.78, 5) is 13.7. The minimum atomic E-state index is -4.23. The van der Waals surface area contributed by atoms with Crippen molar-refractivity contribution in [2.75, 3.05) is 26.2 Å². The SMILES string of the molecule is Cc1ccc(S(=O)(=O)N2CCN(C(=O)[C@H](C)NS(=O)(=O)c3ccccc3F)CC2)cc1. The van der Waals surface area contributed by atoms with Crippen LogP contribution in [0.4, 0.5) is 4.39 Å². The maximum absolute atomic E-state index is 13.8. The van der Waals surface area contributed by atoms with Gasteiger partial charge in [0.05, 0.1) is 10.9 Å². The van der Waals surface area contributed by atoms with Gasteiger partial charge in [-0.2, -0.15) is 9.03 Å². The summed E-state index contributed by atoms with van der Waals surface area (Å²) in [6.07, 6.45) is 0. The van der Waals surface area contributed by atoms with Crippen LogP contribution in [-0.4, -0.2) is 64.2 Å². The summed E-state index contributed by atoms with van der Waals surface area (Å²) in [5.41, 5.74) is 0.946. The molecule has 0 radical (unpaired) electrons. The highest BCUT2D eigenvalue weighted by Gasteiger charge is 2.33. The standard InChI is InChI=1S/C20H24FN3O5S2/c1-15-7-9-17(10-8-15)31(28,29)24-13-11-23(12-14-24)20(25)16(2)22-30(26,27)19-6-4-3-5-18(19)21/h3-10,16,22H,11-14H2,1-2H3/t16-/m0/s1. The van der Waals surface area contributed by atoms with Gasteiger partial charge in [-0.15, -0.1) is 0 Å². The Kier molecular flexibility index (Phi) is 6.79. The lowest BCUT2D eigenvalue weighted by atomic mass is 10.2. The molecule has 1 aliphatic rings. The number of carbonyl (C=O) groups excluding carboxylic acids is 1. The second-order valence-electron chi connectivity index (χ2n) is 7.32. The number of amides is 1. The number of rotatable bonds is 6. The lowest BCUT2D eigenvalue weighted by Crippen LogP contribution is -2.55.